The number of carbonyl (C=O) groups is 1. The molecule has 2 heterocycles. The highest BCUT2D eigenvalue weighted by Crippen LogP contribution is 2.41. The van der Waals surface area contributed by atoms with Crippen LogP contribution < -0.4 is 4.90 Å². The molecule has 4 rings (SSSR count). The largest absolute Gasteiger partial charge is 0.316 e. The van der Waals surface area contributed by atoms with Crippen LogP contribution in [0.3, 0.4) is 0 Å². The maximum absolute atomic E-state index is 12.7. The van der Waals surface area contributed by atoms with E-state index in [9.17, 15) is 13.2 Å². The molecule has 0 aromatic heterocycles. The fourth-order valence-corrected chi connectivity index (χ4v) is 7.70. The second-order valence-corrected chi connectivity index (χ2v) is 11.2. The van der Waals surface area contributed by atoms with Gasteiger partial charge in [-0.25, -0.2) is 8.42 Å². The zero-order valence-corrected chi connectivity index (χ0v) is 18.4. The van der Waals surface area contributed by atoms with Gasteiger partial charge in [0.05, 0.1) is 24.0 Å². The normalized spacial score (nSPS) is 24.1. The first kappa shape index (κ1) is 20.2. The highest BCUT2D eigenvalue weighted by Gasteiger charge is 2.49. The lowest BCUT2D eigenvalue weighted by Gasteiger charge is -2.25. The van der Waals surface area contributed by atoms with Gasteiger partial charge in [0.25, 0.3) is 5.91 Å². The van der Waals surface area contributed by atoms with E-state index in [0.717, 1.165) is 22.4 Å². The van der Waals surface area contributed by atoms with Gasteiger partial charge in [-0.1, -0.05) is 47.7 Å². The Morgan fingerprint density at radius 1 is 1.07 bits per heavy atom. The molecule has 5 nitrogen and oxygen atoms in total. The summed E-state index contributed by atoms with van der Waals surface area (Å²) < 4.78 is 24.4. The minimum atomic E-state index is -3.07. The first-order chi connectivity index (χ1) is 13.7. The van der Waals surface area contributed by atoms with Gasteiger partial charge >= 0.3 is 0 Å². The summed E-state index contributed by atoms with van der Waals surface area (Å²) in [7, 11) is -3.07. The zero-order chi connectivity index (χ0) is 20.8. The average molecular weight is 429 g/mol. The lowest BCUT2D eigenvalue weighted by Crippen LogP contribution is -2.37. The molecule has 0 bridgehead atoms. The van der Waals surface area contributed by atoms with Crippen LogP contribution in [0.2, 0.25) is 0 Å². The monoisotopic (exact) mass is 428 g/mol. The molecule has 2 atom stereocenters. The molecule has 2 aliphatic rings. The fourth-order valence-electron chi connectivity index (χ4n) is 3.77. The molecule has 0 radical (unpaired) electrons. The number of amidine groups is 1. The molecular weight excluding hydrogens is 404 g/mol. The van der Waals surface area contributed by atoms with Gasteiger partial charge in [0, 0.05) is 10.9 Å². The molecule has 0 spiro atoms. The standard InChI is InChI=1S/C22H24N2O3S2/c1-14-4-7-17(8-5-14)11-21(25)23-22-24(18-9-6-15(2)16(3)10-18)19-12-29(26,27)13-20(19)28-22/h4-10,19-20H,11-13H2,1-3H3. The number of aryl methyl sites for hydroxylation is 3. The highest BCUT2D eigenvalue weighted by molar-refractivity contribution is 8.16. The SMILES string of the molecule is Cc1ccc(CC(=O)N=C2SC3CS(=O)(=O)CC3N2c2ccc(C)c(C)c2)cc1. The molecule has 29 heavy (non-hydrogen) atoms. The molecule has 152 valence electrons. The average Bonchev–Trinajstić information content (AvgIpc) is 3.10. The fraction of sp³-hybridized carbons (Fsp3) is 0.364. The number of aliphatic imine (C=N–C) groups is 1. The molecule has 1 amide bonds. The Bertz CT molecular complexity index is 1090. The van der Waals surface area contributed by atoms with Crippen molar-refractivity contribution >= 4 is 38.4 Å². The van der Waals surface area contributed by atoms with Gasteiger partial charge in [-0.05, 0) is 49.6 Å². The third-order valence-corrected chi connectivity index (χ3v) is 8.74. The summed E-state index contributed by atoms with van der Waals surface area (Å²) in [5.41, 5.74) is 5.27. The van der Waals surface area contributed by atoms with Crippen molar-refractivity contribution in [2.45, 2.75) is 38.5 Å². The number of fused-ring (bicyclic) bond motifs is 1. The van der Waals surface area contributed by atoms with Crippen LogP contribution in [0.5, 0.6) is 0 Å². The van der Waals surface area contributed by atoms with Crippen LogP contribution in [0.25, 0.3) is 0 Å². The maximum atomic E-state index is 12.7. The maximum Gasteiger partial charge on any atom is 0.252 e. The summed E-state index contributed by atoms with van der Waals surface area (Å²) in [5, 5.41) is 0.516. The van der Waals surface area contributed by atoms with Crippen LogP contribution >= 0.6 is 11.8 Å². The Labute approximate surface area is 176 Å². The Morgan fingerprint density at radius 2 is 1.79 bits per heavy atom. The molecule has 2 fully saturated rings. The number of thioether (sulfide) groups is 1. The predicted octanol–water partition coefficient (Wildman–Crippen LogP) is 3.46. The van der Waals surface area contributed by atoms with E-state index >= 15 is 0 Å². The minimum Gasteiger partial charge on any atom is -0.316 e. The van der Waals surface area contributed by atoms with Crippen LogP contribution in [-0.4, -0.2) is 42.3 Å². The first-order valence-corrected chi connectivity index (χ1v) is 12.3. The van der Waals surface area contributed by atoms with Crippen molar-refractivity contribution in [2.75, 3.05) is 16.4 Å². The van der Waals surface area contributed by atoms with Crippen LogP contribution in [0.15, 0.2) is 47.5 Å². The van der Waals surface area contributed by atoms with Gasteiger partial charge in [0.2, 0.25) is 0 Å². The molecule has 2 unspecified atom stereocenters. The summed E-state index contributed by atoms with van der Waals surface area (Å²) in [6.07, 6.45) is 0.235. The van der Waals surface area contributed by atoms with Crippen molar-refractivity contribution < 1.29 is 13.2 Å². The molecule has 0 aliphatic carbocycles. The summed E-state index contributed by atoms with van der Waals surface area (Å²) >= 11 is 1.41. The molecule has 2 aromatic rings. The minimum absolute atomic E-state index is 0.0902. The Kier molecular flexibility index (Phi) is 5.29. The number of nitrogens with zero attached hydrogens (tertiary/aromatic N) is 2. The van der Waals surface area contributed by atoms with Gasteiger partial charge in [0.1, 0.15) is 0 Å². The number of amides is 1. The summed E-state index contributed by atoms with van der Waals surface area (Å²) in [6.45, 7) is 6.08. The topological polar surface area (TPSA) is 66.8 Å². The van der Waals surface area contributed by atoms with Crippen molar-refractivity contribution in [3.05, 3.63) is 64.7 Å². The van der Waals surface area contributed by atoms with E-state index < -0.39 is 9.84 Å². The summed E-state index contributed by atoms with van der Waals surface area (Å²) in [5.74, 6) is 0.0189. The van der Waals surface area contributed by atoms with E-state index in [-0.39, 0.29) is 35.1 Å². The number of anilines is 1. The molecule has 2 aromatic carbocycles. The third-order valence-electron chi connectivity index (χ3n) is 5.53. The van der Waals surface area contributed by atoms with Crippen molar-refractivity contribution in [1.82, 2.24) is 0 Å². The Balaban J connectivity index is 1.65. The Hall–Kier alpha value is -2.12. The van der Waals surface area contributed by atoms with Crippen LogP contribution in [0.1, 0.15) is 22.3 Å². The summed E-state index contributed by atoms with van der Waals surface area (Å²) in [4.78, 5) is 19.0. The van der Waals surface area contributed by atoms with Gasteiger partial charge < -0.3 is 4.90 Å². The number of sulfone groups is 1. The quantitative estimate of drug-likeness (QED) is 0.749. The number of rotatable bonds is 3. The molecule has 2 saturated heterocycles. The van der Waals surface area contributed by atoms with E-state index in [1.165, 1.54) is 17.3 Å². The van der Waals surface area contributed by atoms with E-state index in [1.807, 2.05) is 68.1 Å². The molecule has 7 heteroatoms. The lowest BCUT2D eigenvalue weighted by molar-refractivity contribution is -0.117. The lowest BCUT2D eigenvalue weighted by atomic mass is 10.1. The van der Waals surface area contributed by atoms with Crippen molar-refractivity contribution in [3.63, 3.8) is 0 Å². The van der Waals surface area contributed by atoms with Gasteiger partial charge in [0.15, 0.2) is 15.0 Å². The number of hydrogen-bond donors (Lipinski definition) is 0. The highest BCUT2D eigenvalue weighted by atomic mass is 32.2. The van der Waals surface area contributed by atoms with Crippen LogP contribution in [0, 0.1) is 20.8 Å². The molecule has 2 aliphatic heterocycles. The predicted molar refractivity (Wildman–Crippen MR) is 120 cm³/mol. The summed E-state index contributed by atoms with van der Waals surface area (Å²) in [6, 6.07) is 13.7. The zero-order valence-electron chi connectivity index (χ0n) is 16.8. The van der Waals surface area contributed by atoms with Gasteiger partial charge in [-0.3, -0.25) is 4.79 Å². The molecular formula is C22H24N2O3S2. The number of benzene rings is 2. The van der Waals surface area contributed by atoms with Crippen LogP contribution in [0.4, 0.5) is 5.69 Å². The number of hydrogen-bond acceptors (Lipinski definition) is 4. The Morgan fingerprint density at radius 3 is 2.48 bits per heavy atom. The number of carbonyl (C=O) groups excluding carboxylic acids is 1. The van der Waals surface area contributed by atoms with E-state index in [1.54, 1.807) is 0 Å². The smallest absolute Gasteiger partial charge is 0.252 e. The molecule has 0 saturated carbocycles. The second kappa shape index (κ2) is 7.61. The van der Waals surface area contributed by atoms with Gasteiger partial charge in [-0.15, -0.1) is 0 Å². The first-order valence-electron chi connectivity index (χ1n) is 9.62. The van der Waals surface area contributed by atoms with Crippen molar-refractivity contribution in [2.24, 2.45) is 4.99 Å². The second-order valence-electron chi connectivity index (χ2n) is 7.89. The third kappa shape index (κ3) is 4.26. The molecule has 0 N–H and O–H groups in total. The van der Waals surface area contributed by atoms with E-state index in [2.05, 4.69) is 4.99 Å². The van der Waals surface area contributed by atoms with E-state index in [0.29, 0.717) is 5.17 Å². The van der Waals surface area contributed by atoms with Crippen LogP contribution in [-0.2, 0) is 21.1 Å². The van der Waals surface area contributed by atoms with E-state index in [4.69, 9.17) is 0 Å². The van der Waals surface area contributed by atoms with Crippen molar-refractivity contribution in [3.8, 4) is 0 Å². The van der Waals surface area contributed by atoms with Crippen molar-refractivity contribution in [1.29, 1.82) is 0 Å². The van der Waals surface area contributed by atoms with Gasteiger partial charge in [-0.2, -0.15) is 4.99 Å².